The molecular formula is C9H11BrO3S. The highest BCUT2D eigenvalue weighted by atomic mass is 79.9. The van der Waals surface area contributed by atoms with Crippen molar-refractivity contribution >= 4 is 33.0 Å². The number of ketones is 1. The maximum absolute atomic E-state index is 11.6. The van der Waals surface area contributed by atoms with Crippen LogP contribution in [0, 0.1) is 0 Å². The quantitative estimate of drug-likeness (QED) is 0.775. The zero-order valence-electron chi connectivity index (χ0n) is 7.95. The molecule has 0 aromatic carbocycles. The summed E-state index contributed by atoms with van der Waals surface area (Å²) >= 11 is 4.90. The van der Waals surface area contributed by atoms with Crippen molar-refractivity contribution in [2.24, 2.45) is 0 Å². The van der Waals surface area contributed by atoms with E-state index in [0.29, 0.717) is 6.42 Å². The molecule has 0 bridgehead atoms. The fourth-order valence-corrected chi connectivity index (χ4v) is 2.55. The lowest BCUT2D eigenvalue weighted by Gasteiger charge is -2.10. The molecule has 0 atom stereocenters. The molecule has 0 aliphatic carbocycles. The molecule has 3 nitrogen and oxygen atoms in total. The Morgan fingerprint density at radius 3 is 2.64 bits per heavy atom. The largest absolute Gasteiger partial charge is 0.349 e. The van der Waals surface area contributed by atoms with Crippen molar-refractivity contribution in [2.75, 3.05) is 14.2 Å². The van der Waals surface area contributed by atoms with E-state index in [1.165, 1.54) is 25.6 Å². The first-order valence-corrected chi connectivity index (χ1v) is 5.66. The number of hydrogen-bond acceptors (Lipinski definition) is 4. The first kappa shape index (κ1) is 11.8. The van der Waals surface area contributed by atoms with Gasteiger partial charge < -0.3 is 9.47 Å². The van der Waals surface area contributed by atoms with Gasteiger partial charge in [0.25, 0.3) is 0 Å². The monoisotopic (exact) mass is 278 g/mol. The van der Waals surface area contributed by atoms with Gasteiger partial charge in [-0.25, -0.2) is 0 Å². The number of carbonyl (C=O) groups is 1. The van der Waals surface area contributed by atoms with Gasteiger partial charge in [-0.3, -0.25) is 4.79 Å². The fraction of sp³-hybridized carbons (Fsp3) is 0.444. The normalized spacial score (nSPS) is 10.9. The van der Waals surface area contributed by atoms with E-state index in [1.54, 1.807) is 0 Å². The molecule has 78 valence electrons. The fourth-order valence-electron chi connectivity index (χ4n) is 1.05. The van der Waals surface area contributed by atoms with Crippen LogP contribution in [0.5, 0.6) is 0 Å². The van der Waals surface area contributed by atoms with E-state index >= 15 is 0 Å². The molecular weight excluding hydrogens is 268 g/mol. The van der Waals surface area contributed by atoms with Gasteiger partial charge in [-0.2, -0.15) is 0 Å². The molecule has 0 aliphatic heterocycles. The summed E-state index contributed by atoms with van der Waals surface area (Å²) < 4.78 is 10.7. The van der Waals surface area contributed by atoms with Crippen molar-refractivity contribution in [1.29, 1.82) is 0 Å². The third-order valence-corrected chi connectivity index (χ3v) is 3.64. The highest BCUT2D eigenvalue weighted by molar-refractivity contribution is 9.10. The number of carbonyl (C=O) groups excluding carboxylic acids is 1. The average molecular weight is 279 g/mol. The summed E-state index contributed by atoms with van der Waals surface area (Å²) in [4.78, 5) is 12.6. The smallest absolute Gasteiger partial charge is 0.217 e. The minimum Gasteiger partial charge on any atom is -0.349 e. The first-order chi connectivity index (χ1) is 6.69. The minimum absolute atomic E-state index is 0.0712. The Morgan fingerprint density at radius 1 is 1.57 bits per heavy atom. The molecule has 0 saturated heterocycles. The number of halogens is 1. The minimum atomic E-state index is -0.760. The molecule has 0 amide bonds. The number of thiophene rings is 1. The van der Waals surface area contributed by atoms with Gasteiger partial charge in [0.2, 0.25) is 6.29 Å². The Kier molecular flexibility index (Phi) is 4.74. The first-order valence-electron chi connectivity index (χ1n) is 3.99. The van der Waals surface area contributed by atoms with Crippen molar-refractivity contribution in [3.63, 3.8) is 0 Å². The van der Waals surface area contributed by atoms with Crippen LogP contribution in [0.4, 0.5) is 0 Å². The molecule has 1 aromatic rings. The topological polar surface area (TPSA) is 35.5 Å². The number of Topliss-reactive ketones (excluding diaryl/α,β-unsaturated/α-hetero) is 1. The second-order valence-corrected chi connectivity index (χ2v) is 4.49. The average Bonchev–Trinajstić information content (AvgIpc) is 2.54. The summed E-state index contributed by atoms with van der Waals surface area (Å²) in [7, 11) is 2.91. The van der Waals surface area contributed by atoms with E-state index in [9.17, 15) is 4.79 Å². The summed E-state index contributed by atoms with van der Waals surface area (Å²) in [5.74, 6) is -0.0712. The van der Waals surface area contributed by atoms with Crippen molar-refractivity contribution in [2.45, 2.75) is 12.7 Å². The van der Waals surface area contributed by atoms with Crippen molar-refractivity contribution in [1.82, 2.24) is 0 Å². The third-order valence-electron chi connectivity index (χ3n) is 1.72. The van der Waals surface area contributed by atoms with Crippen LogP contribution < -0.4 is 0 Å². The highest BCUT2D eigenvalue weighted by Gasteiger charge is 2.18. The lowest BCUT2D eigenvalue weighted by molar-refractivity contribution is -0.155. The highest BCUT2D eigenvalue weighted by Crippen LogP contribution is 2.23. The molecule has 0 fully saturated rings. The Balaban J connectivity index is 2.61. The summed E-state index contributed by atoms with van der Waals surface area (Å²) in [5.41, 5.74) is 0. The molecule has 0 unspecified atom stereocenters. The van der Waals surface area contributed by atoms with E-state index < -0.39 is 6.29 Å². The van der Waals surface area contributed by atoms with Gasteiger partial charge in [-0.1, -0.05) is 0 Å². The Hall–Kier alpha value is -0.230. The molecule has 1 aromatic heterocycles. The predicted molar refractivity (Wildman–Crippen MR) is 58.5 cm³/mol. The zero-order chi connectivity index (χ0) is 10.6. The molecule has 1 rings (SSSR count). The molecule has 0 saturated carbocycles. The van der Waals surface area contributed by atoms with E-state index in [4.69, 9.17) is 9.47 Å². The van der Waals surface area contributed by atoms with Gasteiger partial charge in [0.05, 0.1) is 0 Å². The number of hydrogen-bond donors (Lipinski definition) is 0. The zero-order valence-corrected chi connectivity index (χ0v) is 10.4. The van der Waals surface area contributed by atoms with Crippen molar-refractivity contribution in [3.05, 3.63) is 20.8 Å². The van der Waals surface area contributed by atoms with E-state index in [0.717, 1.165) is 9.35 Å². The second-order valence-electron chi connectivity index (χ2n) is 2.64. The molecule has 0 spiro atoms. The van der Waals surface area contributed by atoms with E-state index in [1.807, 2.05) is 11.4 Å². The maximum atomic E-state index is 11.6. The van der Waals surface area contributed by atoms with Crippen LogP contribution in [0.25, 0.3) is 0 Å². The number of rotatable bonds is 5. The van der Waals surface area contributed by atoms with Crippen LogP contribution in [-0.4, -0.2) is 26.3 Å². The van der Waals surface area contributed by atoms with Gasteiger partial charge in [0, 0.05) is 30.0 Å². The Labute approximate surface area is 95.2 Å². The summed E-state index contributed by atoms with van der Waals surface area (Å²) in [6, 6.07) is 1.92. The van der Waals surface area contributed by atoms with Crippen LogP contribution in [-0.2, 0) is 20.7 Å². The molecule has 0 aliphatic rings. The van der Waals surface area contributed by atoms with E-state index in [-0.39, 0.29) is 5.78 Å². The number of methoxy groups -OCH3 is 2. The maximum Gasteiger partial charge on any atom is 0.217 e. The molecule has 0 N–H and O–H groups in total. The van der Waals surface area contributed by atoms with Crippen LogP contribution in [0.1, 0.15) is 4.88 Å². The molecule has 0 radical (unpaired) electrons. The Bertz CT molecular complexity index is 307. The van der Waals surface area contributed by atoms with Gasteiger partial charge in [-0.05, 0) is 27.4 Å². The number of ether oxygens (including phenoxy) is 2. The molecule has 5 heteroatoms. The third kappa shape index (κ3) is 2.88. The Morgan fingerprint density at radius 2 is 2.21 bits per heavy atom. The summed E-state index contributed by atoms with van der Waals surface area (Å²) in [6.45, 7) is 0. The predicted octanol–water partition coefficient (Wildman–Crippen LogP) is 2.24. The lowest BCUT2D eigenvalue weighted by Crippen LogP contribution is -2.26. The van der Waals surface area contributed by atoms with Gasteiger partial charge in [0.15, 0.2) is 5.78 Å². The van der Waals surface area contributed by atoms with Gasteiger partial charge in [-0.15, -0.1) is 11.3 Å². The second kappa shape index (κ2) is 5.60. The lowest BCUT2D eigenvalue weighted by atomic mass is 10.2. The standard InChI is InChI=1S/C9H11BrO3S/c1-12-9(13-2)7(11)5-8-6(10)3-4-14-8/h3-4,9H,5H2,1-2H3. The van der Waals surface area contributed by atoms with Crippen molar-refractivity contribution < 1.29 is 14.3 Å². The molecule has 1 heterocycles. The van der Waals surface area contributed by atoms with Crippen LogP contribution in [0.15, 0.2) is 15.9 Å². The van der Waals surface area contributed by atoms with Crippen molar-refractivity contribution in [3.8, 4) is 0 Å². The van der Waals surface area contributed by atoms with Crippen LogP contribution >= 0.6 is 27.3 Å². The summed E-state index contributed by atoms with van der Waals surface area (Å²) in [6.07, 6.45) is -0.422. The van der Waals surface area contributed by atoms with Gasteiger partial charge >= 0.3 is 0 Å². The van der Waals surface area contributed by atoms with Crippen LogP contribution in [0.2, 0.25) is 0 Å². The summed E-state index contributed by atoms with van der Waals surface area (Å²) in [5, 5.41) is 1.93. The van der Waals surface area contributed by atoms with Crippen LogP contribution in [0.3, 0.4) is 0 Å². The van der Waals surface area contributed by atoms with E-state index in [2.05, 4.69) is 15.9 Å². The van der Waals surface area contributed by atoms with Gasteiger partial charge in [0.1, 0.15) is 0 Å². The molecule has 14 heavy (non-hydrogen) atoms. The SMILES string of the molecule is COC(OC)C(=O)Cc1sccc1Br.